The van der Waals surface area contributed by atoms with Crippen molar-refractivity contribution in [1.82, 2.24) is 0 Å². The van der Waals surface area contributed by atoms with Crippen LogP contribution >= 0.6 is 0 Å². The summed E-state index contributed by atoms with van der Waals surface area (Å²) in [5.74, 6) is -0.374. The summed E-state index contributed by atoms with van der Waals surface area (Å²) in [6.45, 7) is 0.445. The van der Waals surface area contributed by atoms with E-state index in [0.717, 1.165) is 16.8 Å². The van der Waals surface area contributed by atoms with Gasteiger partial charge in [0, 0.05) is 24.8 Å². The van der Waals surface area contributed by atoms with Crippen LogP contribution in [0.4, 0.5) is 10.1 Å². The molecule has 4 heteroatoms. The van der Waals surface area contributed by atoms with Crippen LogP contribution in [-0.4, -0.2) is 13.0 Å². The molecule has 0 heterocycles. The van der Waals surface area contributed by atoms with Crippen LogP contribution in [0.25, 0.3) is 0 Å². The fourth-order valence-corrected chi connectivity index (χ4v) is 2.09. The highest BCUT2D eigenvalue weighted by molar-refractivity contribution is 5.91. The highest BCUT2D eigenvalue weighted by Crippen LogP contribution is 2.16. The van der Waals surface area contributed by atoms with Crippen LogP contribution < -0.4 is 5.32 Å². The lowest BCUT2D eigenvalue weighted by molar-refractivity contribution is -0.116. The minimum Gasteiger partial charge on any atom is -0.380 e. The number of para-hydroxylation sites is 1. The zero-order valence-corrected chi connectivity index (χ0v) is 11.9. The number of ether oxygens (including phenoxy) is 1. The van der Waals surface area contributed by atoms with Crippen molar-refractivity contribution in [1.29, 1.82) is 0 Å². The number of nitrogens with one attached hydrogen (secondary N) is 1. The van der Waals surface area contributed by atoms with Gasteiger partial charge >= 0.3 is 0 Å². The van der Waals surface area contributed by atoms with E-state index in [4.69, 9.17) is 4.74 Å². The first-order chi connectivity index (χ1) is 10.2. The topological polar surface area (TPSA) is 38.3 Å². The highest BCUT2D eigenvalue weighted by Gasteiger charge is 2.07. The zero-order chi connectivity index (χ0) is 15.1. The molecule has 3 nitrogen and oxygen atoms in total. The van der Waals surface area contributed by atoms with Crippen LogP contribution in [0, 0.1) is 5.82 Å². The zero-order valence-electron chi connectivity index (χ0n) is 11.9. The van der Waals surface area contributed by atoms with Crippen LogP contribution in [0.15, 0.2) is 48.5 Å². The molecule has 0 bridgehead atoms. The molecule has 1 amide bonds. The van der Waals surface area contributed by atoms with Crippen LogP contribution in [-0.2, 0) is 22.6 Å². The van der Waals surface area contributed by atoms with Crippen molar-refractivity contribution in [2.45, 2.75) is 19.4 Å². The second kappa shape index (κ2) is 7.55. The molecule has 0 atom stereocenters. The largest absolute Gasteiger partial charge is 0.380 e. The van der Waals surface area contributed by atoms with Crippen molar-refractivity contribution in [3.63, 3.8) is 0 Å². The molecular formula is C17H18FNO2. The number of anilines is 1. The maximum Gasteiger partial charge on any atom is 0.224 e. The smallest absolute Gasteiger partial charge is 0.224 e. The summed E-state index contributed by atoms with van der Waals surface area (Å²) >= 11 is 0. The van der Waals surface area contributed by atoms with E-state index in [0.29, 0.717) is 19.4 Å². The number of halogens is 1. The van der Waals surface area contributed by atoms with Gasteiger partial charge in [-0.2, -0.15) is 0 Å². The summed E-state index contributed by atoms with van der Waals surface area (Å²) in [4.78, 5) is 12.0. The monoisotopic (exact) mass is 287 g/mol. The number of hydrogen-bond acceptors (Lipinski definition) is 2. The van der Waals surface area contributed by atoms with E-state index in [1.54, 1.807) is 13.2 Å². The Labute approximate surface area is 123 Å². The first-order valence-electron chi connectivity index (χ1n) is 6.80. The van der Waals surface area contributed by atoms with Gasteiger partial charge in [0.2, 0.25) is 5.91 Å². The molecular weight excluding hydrogens is 269 g/mol. The second-order valence-electron chi connectivity index (χ2n) is 4.77. The van der Waals surface area contributed by atoms with Crippen molar-refractivity contribution >= 4 is 11.6 Å². The Kier molecular flexibility index (Phi) is 5.46. The molecule has 0 aliphatic carbocycles. The third-order valence-electron chi connectivity index (χ3n) is 3.12. The van der Waals surface area contributed by atoms with Crippen molar-refractivity contribution in [3.8, 4) is 0 Å². The van der Waals surface area contributed by atoms with Gasteiger partial charge in [-0.25, -0.2) is 4.39 Å². The van der Waals surface area contributed by atoms with E-state index in [2.05, 4.69) is 5.32 Å². The van der Waals surface area contributed by atoms with E-state index in [1.807, 2.05) is 30.3 Å². The van der Waals surface area contributed by atoms with Gasteiger partial charge in [0.15, 0.2) is 0 Å². The molecule has 21 heavy (non-hydrogen) atoms. The lowest BCUT2D eigenvalue weighted by atomic mass is 10.1. The van der Waals surface area contributed by atoms with Crippen LogP contribution in [0.2, 0.25) is 0 Å². The van der Waals surface area contributed by atoms with Crippen molar-refractivity contribution in [2.75, 3.05) is 12.4 Å². The molecule has 2 aromatic carbocycles. The van der Waals surface area contributed by atoms with Gasteiger partial charge in [-0.15, -0.1) is 0 Å². The van der Waals surface area contributed by atoms with Gasteiger partial charge < -0.3 is 10.1 Å². The number of carbonyl (C=O) groups excluding carboxylic acids is 1. The number of aryl methyl sites for hydroxylation is 1. The first kappa shape index (κ1) is 15.2. The standard InChI is InChI=1S/C17H18FNO2/c1-21-12-14-6-2-3-8-16(14)19-17(20)10-9-13-5-4-7-15(18)11-13/h2-8,11H,9-10,12H2,1H3,(H,19,20). The van der Waals surface area contributed by atoms with Gasteiger partial charge in [0.05, 0.1) is 6.61 Å². The van der Waals surface area contributed by atoms with Crippen LogP contribution in [0.3, 0.4) is 0 Å². The molecule has 0 unspecified atom stereocenters. The number of benzene rings is 2. The van der Waals surface area contributed by atoms with Gasteiger partial charge in [0.1, 0.15) is 5.82 Å². The van der Waals surface area contributed by atoms with Gasteiger partial charge in [-0.3, -0.25) is 4.79 Å². The fourth-order valence-electron chi connectivity index (χ4n) is 2.09. The van der Waals surface area contributed by atoms with E-state index in [9.17, 15) is 9.18 Å². The molecule has 0 aliphatic heterocycles. The summed E-state index contributed by atoms with van der Waals surface area (Å²) in [6.07, 6.45) is 0.820. The maximum absolute atomic E-state index is 13.1. The molecule has 0 aromatic heterocycles. The first-order valence-corrected chi connectivity index (χ1v) is 6.80. The Balaban J connectivity index is 1.93. The predicted octanol–water partition coefficient (Wildman–Crippen LogP) is 3.54. The van der Waals surface area contributed by atoms with Gasteiger partial charge in [0.25, 0.3) is 0 Å². The third kappa shape index (κ3) is 4.68. The average molecular weight is 287 g/mol. The summed E-state index contributed by atoms with van der Waals surface area (Å²) in [7, 11) is 1.61. The van der Waals surface area contributed by atoms with Gasteiger partial charge in [-0.05, 0) is 30.2 Å². The normalized spacial score (nSPS) is 10.4. The molecule has 0 fully saturated rings. The Morgan fingerprint density at radius 1 is 1.19 bits per heavy atom. The van der Waals surface area contributed by atoms with E-state index in [1.165, 1.54) is 12.1 Å². The number of methoxy groups -OCH3 is 1. The molecule has 0 aliphatic rings. The quantitative estimate of drug-likeness (QED) is 0.882. The van der Waals surface area contributed by atoms with Gasteiger partial charge in [-0.1, -0.05) is 30.3 Å². The van der Waals surface area contributed by atoms with Crippen molar-refractivity contribution < 1.29 is 13.9 Å². The molecule has 2 rings (SSSR count). The summed E-state index contributed by atoms with van der Waals surface area (Å²) in [6, 6.07) is 13.8. The van der Waals surface area contributed by atoms with Crippen molar-refractivity contribution in [3.05, 3.63) is 65.5 Å². The Morgan fingerprint density at radius 3 is 2.76 bits per heavy atom. The third-order valence-corrected chi connectivity index (χ3v) is 3.12. The molecule has 0 spiro atoms. The van der Waals surface area contributed by atoms with E-state index in [-0.39, 0.29) is 11.7 Å². The Bertz CT molecular complexity index is 613. The number of rotatable bonds is 6. The highest BCUT2D eigenvalue weighted by atomic mass is 19.1. The lowest BCUT2D eigenvalue weighted by Crippen LogP contribution is -2.14. The predicted molar refractivity (Wildman–Crippen MR) is 80.5 cm³/mol. The molecule has 0 radical (unpaired) electrons. The number of hydrogen-bond donors (Lipinski definition) is 1. The lowest BCUT2D eigenvalue weighted by Gasteiger charge is -2.10. The minimum atomic E-state index is -0.279. The van der Waals surface area contributed by atoms with Crippen molar-refractivity contribution in [2.24, 2.45) is 0 Å². The van der Waals surface area contributed by atoms with Crippen LogP contribution in [0.1, 0.15) is 17.5 Å². The minimum absolute atomic E-state index is 0.0946. The number of carbonyl (C=O) groups is 1. The number of amides is 1. The van der Waals surface area contributed by atoms with Crippen LogP contribution in [0.5, 0.6) is 0 Å². The molecule has 110 valence electrons. The summed E-state index contributed by atoms with van der Waals surface area (Å²) in [5.41, 5.74) is 2.50. The second-order valence-corrected chi connectivity index (χ2v) is 4.77. The summed E-state index contributed by atoms with van der Waals surface area (Å²) < 4.78 is 18.2. The Hall–Kier alpha value is -2.20. The summed E-state index contributed by atoms with van der Waals surface area (Å²) in [5, 5.41) is 2.87. The fraction of sp³-hybridized carbons (Fsp3) is 0.235. The van der Waals surface area contributed by atoms with E-state index < -0.39 is 0 Å². The van der Waals surface area contributed by atoms with E-state index >= 15 is 0 Å². The maximum atomic E-state index is 13.1. The SMILES string of the molecule is COCc1ccccc1NC(=O)CCc1cccc(F)c1. The average Bonchev–Trinajstić information content (AvgIpc) is 2.48. The molecule has 1 N–H and O–H groups in total. The molecule has 0 saturated heterocycles. The molecule has 2 aromatic rings. The molecule has 0 saturated carbocycles. The Morgan fingerprint density at radius 2 is 2.00 bits per heavy atom.